The first-order valence-electron chi connectivity index (χ1n) is 11.2. The van der Waals surface area contributed by atoms with E-state index in [-0.39, 0.29) is 5.69 Å². The van der Waals surface area contributed by atoms with E-state index in [0.717, 1.165) is 13.9 Å². The summed E-state index contributed by atoms with van der Waals surface area (Å²) in [6.45, 7) is 0. The van der Waals surface area contributed by atoms with E-state index in [2.05, 4.69) is 26.0 Å². The summed E-state index contributed by atoms with van der Waals surface area (Å²) in [5, 5.41) is 17.9. The monoisotopic (exact) mass is 626 g/mol. The number of nitrogens with zero attached hydrogens (tertiary/aromatic N) is 4. The highest BCUT2D eigenvalue weighted by atomic mass is 79.9. The molecule has 0 saturated carbocycles. The number of ether oxygens (including phenoxy) is 3. The maximum Gasteiger partial charge on any atom is 0.290 e. The zero-order valence-corrected chi connectivity index (χ0v) is 23.9. The number of hydrazone groups is 1. The number of amides is 1. The highest BCUT2D eigenvalue weighted by molar-refractivity contribution is 9.10. The molecule has 198 valence electrons. The Morgan fingerprint density at radius 3 is 2.41 bits per heavy atom. The third-order valence-electron chi connectivity index (χ3n) is 5.64. The van der Waals surface area contributed by atoms with Gasteiger partial charge in [-0.15, -0.1) is 11.3 Å². The van der Waals surface area contributed by atoms with Crippen molar-refractivity contribution in [2.45, 2.75) is 0 Å². The summed E-state index contributed by atoms with van der Waals surface area (Å²) in [5.74, 6) is 0.876. The Morgan fingerprint density at radius 1 is 1.00 bits per heavy atom. The number of thiazole rings is 1. The molecule has 0 unspecified atom stereocenters. The predicted molar refractivity (Wildman–Crippen MR) is 156 cm³/mol. The van der Waals surface area contributed by atoms with Gasteiger partial charge in [0.2, 0.25) is 10.9 Å². The smallest absolute Gasteiger partial charge is 0.290 e. The number of carbonyl (C=O) groups is 1. The van der Waals surface area contributed by atoms with Gasteiger partial charge in [-0.3, -0.25) is 14.9 Å². The molecule has 1 amide bonds. The molecule has 0 saturated heterocycles. The molecule has 39 heavy (non-hydrogen) atoms. The molecule has 5 rings (SSSR count). The van der Waals surface area contributed by atoms with Crippen LogP contribution in [0.2, 0.25) is 0 Å². The van der Waals surface area contributed by atoms with Gasteiger partial charge < -0.3 is 14.2 Å². The number of non-ortho nitro benzene ring substituents is 1. The van der Waals surface area contributed by atoms with E-state index in [0.29, 0.717) is 43.7 Å². The highest BCUT2D eigenvalue weighted by Gasteiger charge is 2.24. The molecule has 0 aliphatic carbocycles. The number of benzene rings is 3. The summed E-state index contributed by atoms with van der Waals surface area (Å²) in [7, 11) is 4.54. The summed E-state index contributed by atoms with van der Waals surface area (Å²) in [5.41, 5.74) is 1.26. The second-order valence-corrected chi connectivity index (χ2v) is 11.0. The zero-order valence-electron chi connectivity index (χ0n) is 20.7. The highest BCUT2D eigenvalue weighted by Crippen LogP contribution is 2.38. The SMILES string of the molecule is COc1cc(/C=N/N(C(=O)c2cc3cc([N+](=O)[O-])ccc3s2)c2nc3ccc(Br)cc3s2)cc(OC)c1OC. The van der Waals surface area contributed by atoms with Gasteiger partial charge in [0, 0.05) is 32.3 Å². The lowest BCUT2D eigenvalue weighted by molar-refractivity contribution is -0.384. The van der Waals surface area contributed by atoms with Crippen LogP contribution in [0.4, 0.5) is 10.8 Å². The molecule has 0 bridgehead atoms. The van der Waals surface area contributed by atoms with E-state index in [1.165, 1.54) is 67.4 Å². The molecule has 2 aromatic heterocycles. The van der Waals surface area contributed by atoms with E-state index in [4.69, 9.17) is 14.2 Å². The fraction of sp³-hybridized carbons (Fsp3) is 0.115. The molecular weight excluding hydrogens is 608 g/mol. The van der Waals surface area contributed by atoms with Crippen molar-refractivity contribution in [1.82, 2.24) is 4.98 Å². The van der Waals surface area contributed by atoms with Gasteiger partial charge >= 0.3 is 0 Å². The van der Waals surface area contributed by atoms with Crippen molar-refractivity contribution < 1.29 is 23.9 Å². The number of aromatic nitrogens is 1. The first-order valence-corrected chi connectivity index (χ1v) is 13.7. The maximum atomic E-state index is 13.8. The van der Waals surface area contributed by atoms with Crippen LogP contribution in [0.15, 0.2) is 64.2 Å². The van der Waals surface area contributed by atoms with E-state index >= 15 is 0 Å². The standard InChI is InChI=1S/C26H19BrN4O6S2/c1-35-19-8-14(9-20(36-2)24(19)37-3)13-28-30(26-29-18-6-4-16(27)12-22(18)39-26)25(32)23-11-15-10-17(31(33)34)5-7-21(15)38-23/h4-13H,1-3H3/b28-13+. The van der Waals surface area contributed by atoms with Crippen molar-refractivity contribution in [3.8, 4) is 17.2 Å². The number of carbonyl (C=O) groups excluding carboxylic acids is 1. The van der Waals surface area contributed by atoms with Gasteiger partial charge in [0.15, 0.2) is 11.5 Å². The minimum Gasteiger partial charge on any atom is -0.493 e. The number of fused-ring (bicyclic) bond motifs is 2. The number of methoxy groups -OCH3 is 3. The fourth-order valence-electron chi connectivity index (χ4n) is 3.82. The zero-order chi connectivity index (χ0) is 27.7. The second kappa shape index (κ2) is 11.0. The minimum absolute atomic E-state index is 0.0478. The molecule has 0 aliphatic heterocycles. The Balaban J connectivity index is 1.59. The van der Waals surface area contributed by atoms with Gasteiger partial charge in [0.05, 0.1) is 47.6 Å². The molecule has 0 aliphatic rings. The normalized spacial score (nSPS) is 11.3. The van der Waals surface area contributed by atoms with Crippen LogP contribution in [0.25, 0.3) is 20.3 Å². The Hall–Kier alpha value is -4.07. The van der Waals surface area contributed by atoms with Crippen LogP contribution >= 0.6 is 38.6 Å². The predicted octanol–water partition coefficient (Wildman–Crippen LogP) is 6.89. The number of anilines is 1. The molecule has 0 fully saturated rings. The van der Waals surface area contributed by atoms with Crippen LogP contribution in [0.5, 0.6) is 17.2 Å². The van der Waals surface area contributed by atoms with Crippen molar-refractivity contribution in [2.24, 2.45) is 5.10 Å². The van der Waals surface area contributed by atoms with Gasteiger partial charge in [-0.1, -0.05) is 27.3 Å². The van der Waals surface area contributed by atoms with Crippen molar-refractivity contribution in [3.63, 3.8) is 0 Å². The van der Waals surface area contributed by atoms with Crippen LogP contribution in [0.3, 0.4) is 0 Å². The third kappa shape index (κ3) is 5.28. The molecule has 0 N–H and O–H groups in total. The lowest BCUT2D eigenvalue weighted by atomic mass is 10.2. The molecule has 0 radical (unpaired) electrons. The summed E-state index contributed by atoms with van der Waals surface area (Å²) < 4.78 is 18.7. The molecule has 5 aromatic rings. The first kappa shape index (κ1) is 26.5. The van der Waals surface area contributed by atoms with Crippen LogP contribution in [-0.4, -0.2) is 43.4 Å². The number of nitro benzene ring substituents is 1. The topological polar surface area (TPSA) is 116 Å². The minimum atomic E-state index is -0.466. The number of rotatable bonds is 8. The molecule has 2 heterocycles. The van der Waals surface area contributed by atoms with Crippen LogP contribution < -0.4 is 19.2 Å². The Bertz CT molecular complexity index is 1740. The average molecular weight is 627 g/mol. The summed E-state index contributed by atoms with van der Waals surface area (Å²) in [4.78, 5) is 29.6. The maximum absolute atomic E-state index is 13.8. The number of hydrogen-bond donors (Lipinski definition) is 0. The lowest BCUT2D eigenvalue weighted by Crippen LogP contribution is -2.24. The quantitative estimate of drug-likeness (QED) is 0.105. The molecular formula is C26H19BrN4O6S2. The van der Waals surface area contributed by atoms with E-state index in [1.54, 1.807) is 24.3 Å². The van der Waals surface area contributed by atoms with E-state index < -0.39 is 10.8 Å². The molecule has 13 heteroatoms. The second-order valence-electron chi connectivity index (χ2n) is 8.02. The number of thiophene rings is 1. The largest absolute Gasteiger partial charge is 0.493 e. The first-order chi connectivity index (χ1) is 18.8. The lowest BCUT2D eigenvalue weighted by Gasteiger charge is -2.14. The summed E-state index contributed by atoms with van der Waals surface area (Å²) >= 11 is 6.00. The number of halogens is 1. The Kier molecular flexibility index (Phi) is 7.46. The summed E-state index contributed by atoms with van der Waals surface area (Å²) in [6, 6.07) is 15.2. The number of hydrogen-bond acceptors (Lipinski definition) is 10. The van der Waals surface area contributed by atoms with E-state index in [1.807, 2.05) is 18.2 Å². The number of nitro groups is 1. The molecule has 0 atom stereocenters. The van der Waals surface area contributed by atoms with Crippen molar-refractivity contribution in [3.05, 3.63) is 79.6 Å². The van der Waals surface area contributed by atoms with Crippen molar-refractivity contribution >= 4 is 81.8 Å². The van der Waals surface area contributed by atoms with Crippen LogP contribution in [0, 0.1) is 10.1 Å². The Labute approximate surface area is 238 Å². The molecule has 0 spiro atoms. The fourth-order valence-corrected chi connectivity index (χ4v) is 6.26. The summed E-state index contributed by atoms with van der Waals surface area (Å²) in [6.07, 6.45) is 1.50. The van der Waals surface area contributed by atoms with Crippen LogP contribution in [0.1, 0.15) is 15.2 Å². The van der Waals surface area contributed by atoms with Gasteiger partial charge in [-0.05, 0) is 42.5 Å². The molecule has 3 aromatic carbocycles. The van der Waals surface area contributed by atoms with Crippen LogP contribution in [-0.2, 0) is 0 Å². The molecule has 10 nitrogen and oxygen atoms in total. The van der Waals surface area contributed by atoms with Gasteiger partial charge in [-0.25, -0.2) is 4.98 Å². The van der Waals surface area contributed by atoms with Crippen molar-refractivity contribution in [1.29, 1.82) is 0 Å². The van der Waals surface area contributed by atoms with Gasteiger partial charge in [0.1, 0.15) is 0 Å². The van der Waals surface area contributed by atoms with E-state index in [9.17, 15) is 14.9 Å². The van der Waals surface area contributed by atoms with Gasteiger partial charge in [-0.2, -0.15) is 10.1 Å². The Morgan fingerprint density at radius 2 is 1.74 bits per heavy atom. The van der Waals surface area contributed by atoms with Gasteiger partial charge in [0.25, 0.3) is 11.6 Å². The average Bonchev–Trinajstić information content (AvgIpc) is 3.55. The van der Waals surface area contributed by atoms with Crippen molar-refractivity contribution in [2.75, 3.05) is 26.3 Å². The third-order valence-corrected chi connectivity index (χ3v) is 8.23.